The van der Waals surface area contributed by atoms with Crippen LogP contribution in [0.5, 0.6) is 0 Å². The third kappa shape index (κ3) is 3.37. The van der Waals surface area contributed by atoms with Crippen molar-refractivity contribution in [2.75, 3.05) is 18.0 Å². The van der Waals surface area contributed by atoms with E-state index in [9.17, 15) is 4.79 Å². The summed E-state index contributed by atoms with van der Waals surface area (Å²) in [7, 11) is 1.88. The molecule has 0 radical (unpaired) electrons. The molecule has 1 aliphatic heterocycles. The Morgan fingerprint density at radius 3 is 2.57 bits per heavy atom. The van der Waals surface area contributed by atoms with Crippen LogP contribution in [-0.4, -0.2) is 28.7 Å². The Morgan fingerprint density at radius 2 is 1.93 bits per heavy atom. The lowest BCUT2D eigenvalue weighted by Crippen LogP contribution is -2.49. The number of hydrogen-bond donors (Lipinski definition) is 1. The summed E-state index contributed by atoms with van der Waals surface area (Å²) in [6, 6.07) is 8.29. The number of aryl methyl sites for hydroxylation is 1. The highest BCUT2D eigenvalue weighted by Crippen LogP contribution is 2.48. The number of nitrogens with zero attached hydrogens (tertiary/aromatic N) is 3. The van der Waals surface area contributed by atoms with Crippen molar-refractivity contribution in [1.29, 1.82) is 0 Å². The first-order valence-electron chi connectivity index (χ1n) is 10.2. The smallest absolute Gasteiger partial charge is 0.265 e. The molecule has 28 heavy (non-hydrogen) atoms. The number of pyridine rings is 2. The molecule has 0 unspecified atom stereocenters. The molecule has 2 aromatic heterocycles. The van der Waals surface area contributed by atoms with E-state index in [1.54, 1.807) is 10.8 Å². The van der Waals surface area contributed by atoms with Crippen molar-refractivity contribution in [3.8, 4) is 0 Å². The van der Waals surface area contributed by atoms with Gasteiger partial charge < -0.3 is 10.6 Å². The second kappa shape index (κ2) is 7.56. The van der Waals surface area contributed by atoms with Gasteiger partial charge in [-0.3, -0.25) is 14.3 Å². The molecule has 2 atom stereocenters. The van der Waals surface area contributed by atoms with Gasteiger partial charge in [-0.05, 0) is 68.2 Å². The fourth-order valence-electron chi connectivity index (χ4n) is 4.92. The van der Waals surface area contributed by atoms with Crippen molar-refractivity contribution < 1.29 is 0 Å². The number of nitrogens with two attached hydrogens (primary N) is 1. The van der Waals surface area contributed by atoms with E-state index in [1.807, 2.05) is 32.2 Å². The quantitative estimate of drug-likeness (QED) is 0.856. The molecule has 1 saturated heterocycles. The maximum atomic E-state index is 13.0. The molecule has 5 nitrogen and oxygen atoms in total. The van der Waals surface area contributed by atoms with Crippen molar-refractivity contribution in [3.63, 3.8) is 0 Å². The number of piperidine rings is 1. The molecule has 6 heteroatoms. The van der Waals surface area contributed by atoms with E-state index in [4.69, 9.17) is 5.73 Å². The zero-order valence-electron chi connectivity index (χ0n) is 17.0. The predicted octanol–water partition coefficient (Wildman–Crippen LogP) is 3.58. The van der Waals surface area contributed by atoms with Crippen molar-refractivity contribution >= 4 is 17.6 Å². The zero-order valence-corrected chi connectivity index (χ0v) is 17.8. The molecule has 3 heterocycles. The van der Waals surface area contributed by atoms with E-state index in [0.29, 0.717) is 17.4 Å². The number of hydrogen-bond acceptors (Lipinski definition) is 5. The van der Waals surface area contributed by atoms with Crippen LogP contribution in [-0.2, 0) is 7.05 Å². The van der Waals surface area contributed by atoms with Crippen molar-refractivity contribution in [1.82, 2.24) is 9.55 Å². The van der Waals surface area contributed by atoms with Crippen LogP contribution in [0.1, 0.15) is 38.3 Å². The largest absolute Gasteiger partial charge is 0.358 e. The van der Waals surface area contributed by atoms with Gasteiger partial charge in [0.2, 0.25) is 0 Å². The van der Waals surface area contributed by atoms with Crippen LogP contribution in [0.4, 0.5) is 5.82 Å². The molecular formula is C22H30N4OS. The summed E-state index contributed by atoms with van der Waals surface area (Å²) in [4.78, 5) is 21.4. The minimum Gasteiger partial charge on any atom is -0.358 e. The summed E-state index contributed by atoms with van der Waals surface area (Å²) in [5.41, 5.74) is 7.86. The highest BCUT2D eigenvalue weighted by Gasteiger charge is 2.46. The average molecular weight is 399 g/mol. The summed E-state index contributed by atoms with van der Waals surface area (Å²) in [6.07, 6.45) is 6.53. The van der Waals surface area contributed by atoms with Gasteiger partial charge in [-0.25, -0.2) is 0 Å². The molecule has 2 N–H and O–H groups in total. The van der Waals surface area contributed by atoms with E-state index >= 15 is 0 Å². The fourth-order valence-corrected chi connectivity index (χ4v) is 5.87. The van der Waals surface area contributed by atoms with Gasteiger partial charge in [-0.15, -0.1) is 0 Å². The third-order valence-corrected chi connectivity index (χ3v) is 8.10. The maximum Gasteiger partial charge on any atom is 0.265 e. The molecule has 1 spiro atoms. The van der Waals surface area contributed by atoms with Crippen LogP contribution in [0.3, 0.4) is 0 Å². The zero-order chi connectivity index (χ0) is 19.9. The van der Waals surface area contributed by atoms with E-state index < -0.39 is 0 Å². The Balaban J connectivity index is 1.52. The number of anilines is 1. The standard InChI is InChI=1S/C22H30N4OS/c1-15-8-9-22(20(15)23)10-13-26(14-11-22)19-7-6-18(21(27)25(19)3)28-17-5-4-12-24-16(17)2/h4-7,12,15,20H,8-11,13-14,23H2,1-3H3/t15-,20-/m1/s1. The highest BCUT2D eigenvalue weighted by molar-refractivity contribution is 7.99. The van der Waals surface area contributed by atoms with Gasteiger partial charge >= 0.3 is 0 Å². The first-order valence-corrected chi connectivity index (χ1v) is 11.0. The van der Waals surface area contributed by atoms with E-state index in [2.05, 4.69) is 22.9 Å². The topological polar surface area (TPSA) is 64.2 Å². The Labute approximate surface area is 171 Å². The molecule has 4 rings (SSSR count). The van der Waals surface area contributed by atoms with E-state index in [1.165, 1.54) is 24.6 Å². The van der Waals surface area contributed by atoms with Crippen LogP contribution in [0.15, 0.2) is 45.0 Å². The lowest BCUT2D eigenvalue weighted by Gasteiger charge is -2.43. The fraction of sp³-hybridized carbons (Fsp3) is 0.545. The third-order valence-electron chi connectivity index (χ3n) is 6.92. The Morgan fingerprint density at radius 1 is 1.18 bits per heavy atom. The highest BCUT2D eigenvalue weighted by atomic mass is 32.2. The van der Waals surface area contributed by atoms with Gasteiger partial charge in [0, 0.05) is 37.3 Å². The van der Waals surface area contributed by atoms with E-state index in [-0.39, 0.29) is 5.56 Å². The van der Waals surface area contributed by atoms with Crippen molar-refractivity contribution in [2.24, 2.45) is 24.1 Å². The SMILES string of the molecule is Cc1ncccc1Sc1ccc(N2CCC3(CC[C@@H](C)[C@H]3N)CC2)n(C)c1=O. The molecule has 0 amide bonds. The molecule has 1 aliphatic carbocycles. The van der Waals surface area contributed by atoms with Crippen LogP contribution in [0.2, 0.25) is 0 Å². The van der Waals surface area contributed by atoms with Crippen LogP contribution in [0, 0.1) is 18.3 Å². The Bertz CT molecular complexity index is 917. The normalized spacial score (nSPS) is 24.1. The van der Waals surface area contributed by atoms with Gasteiger partial charge in [0.25, 0.3) is 5.56 Å². The summed E-state index contributed by atoms with van der Waals surface area (Å²) in [5, 5.41) is 0. The molecule has 150 valence electrons. The minimum absolute atomic E-state index is 0.0530. The summed E-state index contributed by atoms with van der Waals surface area (Å²) >= 11 is 1.50. The molecule has 2 fully saturated rings. The first kappa shape index (κ1) is 19.5. The molecule has 2 aromatic rings. The lowest BCUT2D eigenvalue weighted by molar-refractivity contribution is 0.185. The summed E-state index contributed by atoms with van der Waals surface area (Å²) in [5.74, 6) is 1.63. The maximum absolute atomic E-state index is 13.0. The van der Waals surface area contributed by atoms with Gasteiger partial charge in [0.15, 0.2) is 0 Å². The molecule has 0 aromatic carbocycles. The lowest BCUT2D eigenvalue weighted by atomic mass is 9.73. The second-order valence-corrected chi connectivity index (χ2v) is 9.58. The molecule has 2 aliphatic rings. The van der Waals surface area contributed by atoms with E-state index in [0.717, 1.165) is 47.2 Å². The number of aromatic nitrogens is 2. The molecular weight excluding hydrogens is 368 g/mol. The Hall–Kier alpha value is -1.79. The molecule has 1 saturated carbocycles. The number of rotatable bonds is 3. The van der Waals surface area contributed by atoms with Gasteiger partial charge in [-0.2, -0.15) is 0 Å². The van der Waals surface area contributed by atoms with Crippen molar-refractivity contribution in [2.45, 2.75) is 55.4 Å². The predicted molar refractivity (Wildman–Crippen MR) is 115 cm³/mol. The Kier molecular flexibility index (Phi) is 5.27. The van der Waals surface area contributed by atoms with Crippen LogP contribution >= 0.6 is 11.8 Å². The minimum atomic E-state index is 0.0530. The summed E-state index contributed by atoms with van der Waals surface area (Å²) < 4.78 is 1.79. The second-order valence-electron chi connectivity index (χ2n) is 8.50. The van der Waals surface area contributed by atoms with Crippen molar-refractivity contribution in [3.05, 3.63) is 46.5 Å². The first-order chi connectivity index (χ1) is 13.4. The monoisotopic (exact) mass is 398 g/mol. The average Bonchev–Trinajstić information content (AvgIpc) is 2.97. The molecule has 0 bridgehead atoms. The van der Waals surface area contributed by atoms with Gasteiger partial charge in [0.1, 0.15) is 5.82 Å². The van der Waals surface area contributed by atoms with Crippen LogP contribution in [0.25, 0.3) is 0 Å². The summed E-state index contributed by atoms with van der Waals surface area (Å²) in [6.45, 7) is 6.21. The van der Waals surface area contributed by atoms with Crippen LogP contribution < -0.4 is 16.2 Å². The van der Waals surface area contributed by atoms with Gasteiger partial charge in [0.05, 0.1) is 10.6 Å². The van der Waals surface area contributed by atoms with Gasteiger partial charge in [-0.1, -0.05) is 18.7 Å².